The summed E-state index contributed by atoms with van der Waals surface area (Å²) in [7, 11) is 1.75. The first-order valence-corrected chi connectivity index (χ1v) is 6.63. The average molecular weight is 267 g/mol. The van der Waals surface area contributed by atoms with Crippen molar-refractivity contribution >= 4 is 23.7 Å². The number of rotatable bonds is 5. The fourth-order valence-corrected chi connectivity index (χ4v) is 2.27. The zero-order valence-electron chi connectivity index (χ0n) is 10.6. The molecule has 98 valence electrons. The van der Waals surface area contributed by atoms with Crippen LogP contribution in [0.4, 0.5) is 0 Å². The number of hydrogen-bond acceptors (Lipinski definition) is 5. The molecule has 0 N–H and O–H groups in total. The van der Waals surface area contributed by atoms with Gasteiger partial charge in [0, 0.05) is 13.6 Å². The summed E-state index contributed by atoms with van der Waals surface area (Å²) >= 11 is 4.20. The molecular weight excluding hydrogens is 250 g/mol. The van der Waals surface area contributed by atoms with Crippen molar-refractivity contribution in [2.75, 3.05) is 5.75 Å². The number of nitrogens with zero attached hydrogens (tertiary/aromatic N) is 5. The Balaban J connectivity index is 2.19. The lowest BCUT2D eigenvalue weighted by molar-refractivity contribution is 0.431. The first-order chi connectivity index (χ1) is 8.63. The molecule has 1 atom stereocenters. The summed E-state index contributed by atoms with van der Waals surface area (Å²) in [5.74, 6) is 1.39. The Bertz CT molecular complexity index is 591. The van der Waals surface area contributed by atoms with Gasteiger partial charge in [0.1, 0.15) is 5.39 Å². The van der Waals surface area contributed by atoms with Gasteiger partial charge in [-0.25, -0.2) is 9.36 Å². The van der Waals surface area contributed by atoms with Crippen LogP contribution in [0.3, 0.4) is 0 Å². The quantitative estimate of drug-likeness (QED) is 0.816. The minimum atomic E-state index is -0.119. The van der Waals surface area contributed by atoms with Crippen molar-refractivity contribution in [1.29, 1.82) is 0 Å². The van der Waals surface area contributed by atoms with Gasteiger partial charge >= 0.3 is 0 Å². The van der Waals surface area contributed by atoms with Crippen LogP contribution in [-0.4, -0.2) is 30.5 Å². The molecule has 0 aliphatic rings. The topological polar surface area (TPSA) is 65.6 Å². The predicted molar refractivity (Wildman–Crippen MR) is 72.8 cm³/mol. The summed E-state index contributed by atoms with van der Waals surface area (Å²) < 4.78 is 2.97. The zero-order valence-corrected chi connectivity index (χ0v) is 11.5. The van der Waals surface area contributed by atoms with E-state index in [1.807, 2.05) is 0 Å². The van der Waals surface area contributed by atoms with E-state index < -0.39 is 0 Å². The van der Waals surface area contributed by atoms with Crippen molar-refractivity contribution < 1.29 is 0 Å². The maximum absolute atomic E-state index is 12.1. The molecule has 0 amide bonds. The van der Waals surface area contributed by atoms with E-state index in [4.69, 9.17) is 0 Å². The number of fused-ring (bicyclic) bond motifs is 1. The fourth-order valence-electron chi connectivity index (χ4n) is 1.83. The molecule has 0 saturated carbocycles. The highest BCUT2D eigenvalue weighted by atomic mass is 32.1. The first-order valence-electron chi connectivity index (χ1n) is 6.00. The van der Waals surface area contributed by atoms with E-state index in [2.05, 4.69) is 35.0 Å². The van der Waals surface area contributed by atoms with Gasteiger partial charge in [-0.15, -0.1) is 5.10 Å². The summed E-state index contributed by atoms with van der Waals surface area (Å²) in [6, 6.07) is 0. The molecule has 0 aliphatic heterocycles. The van der Waals surface area contributed by atoms with Gasteiger partial charge in [0.25, 0.3) is 5.56 Å². The van der Waals surface area contributed by atoms with E-state index in [1.165, 1.54) is 4.68 Å². The molecular formula is C11H17N5OS. The molecule has 2 aromatic rings. The lowest BCUT2D eigenvalue weighted by atomic mass is 10.1. The van der Waals surface area contributed by atoms with Gasteiger partial charge in [-0.3, -0.25) is 4.79 Å². The van der Waals surface area contributed by atoms with Gasteiger partial charge in [-0.05, 0) is 24.5 Å². The molecule has 0 fully saturated rings. The SMILES string of the molecule is CC(CCS)CCn1nnc2c(cnn2C)c1=O. The van der Waals surface area contributed by atoms with E-state index in [-0.39, 0.29) is 5.56 Å². The van der Waals surface area contributed by atoms with Crippen molar-refractivity contribution in [3.8, 4) is 0 Å². The monoisotopic (exact) mass is 267 g/mol. The van der Waals surface area contributed by atoms with Crippen molar-refractivity contribution in [2.24, 2.45) is 13.0 Å². The second-order valence-corrected chi connectivity index (χ2v) is 4.98. The largest absolute Gasteiger partial charge is 0.280 e. The summed E-state index contributed by atoms with van der Waals surface area (Å²) in [6.07, 6.45) is 3.49. The molecule has 1 unspecified atom stereocenters. The zero-order chi connectivity index (χ0) is 13.1. The van der Waals surface area contributed by atoms with Crippen molar-refractivity contribution in [3.05, 3.63) is 16.6 Å². The molecule has 0 aliphatic carbocycles. The van der Waals surface area contributed by atoms with Gasteiger partial charge in [0.2, 0.25) is 0 Å². The molecule has 0 aromatic carbocycles. The molecule has 0 spiro atoms. The van der Waals surface area contributed by atoms with Crippen LogP contribution in [0, 0.1) is 5.92 Å². The van der Waals surface area contributed by atoms with Crippen molar-refractivity contribution in [2.45, 2.75) is 26.3 Å². The van der Waals surface area contributed by atoms with Crippen LogP contribution < -0.4 is 5.56 Å². The van der Waals surface area contributed by atoms with E-state index in [1.54, 1.807) is 17.9 Å². The third-order valence-corrected chi connectivity index (χ3v) is 3.33. The number of aromatic nitrogens is 5. The Hall–Kier alpha value is -1.37. The second kappa shape index (κ2) is 5.51. The lowest BCUT2D eigenvalue weighted by Crippen LogP contribution is -2.25. The van der Waals surface area contributed by atoms with Crippen molar-refractivity contribution in [1.82, 2.24) is 24.8 Å². The molecule has 2 aromatic heterocycles. The van der Waals surface area contributed by atoms with Gasteiger partial charge < -0.3 is 0 Å². The molecule has 7 heteroatoms. The maximum Gasteiger partial charge on any atom is 0.280 e. The minimum absolute atomic E-state index is 0.119. The van der Waals surface area contributed by atoms with E-state index in [0.29, 0.717) is 23.5 Å². The van der Waals surface area contributed by atoms with Gasteiger partial charge in [-0.1, -0.05) is 12.1 Å². The smallest absolute Gasteiger partial charge is 0.267 e. The Labute approximate surface area is 110 Å². The van der Waals surface area contributed by atoms with E-state index in [9.17, 15) is 4.79 Å². The van der Waals surface area contributed by atoms with Crippen molar-refractivity contribution in [3.63, 3.8) is 0 Å². The van der Waals surface area contributed by atoms with Crippen LogP contribution in [0.2, 0.25) is 0 Å². The normalized spacial score (nSPS) is 13.1. The number of hydrogen-bond donors (Lipinski definition) is 1. The van der Waals surface area contributed by atoms with Gasteiger partial charge in [-0.2, -0.15) is 17.7 Å². The Morgan fingerprint density at radius 2 is 2.22 bits per heavy atom. The van der Waals surface area contributed by atoms with Crippen LogP contribution >= 0.6 is 12.6 Å². The lowest BCUT2D eigenvalue weighted by Gasteiger charge is -2.09. The predicted octanol–water partition coefficient (Wildman–Crippen LogP) is 0.871. The Morgan fingerprint density at radius 3 is 2.94 bits per heavy atom. The van der Waals surface area contributed by atoms with Crippen LogP contribution in [0.15, 0.2) is 11.0 Å². The molecule has 0 bridgehead atoms. The Morgan fingerprint density at radius 1 is 1.44 bits per heavy atom. The fraction of sp³-hybridized carbons (Fsp3) is 0.636. The van der Waals surface area contributed by atoms with Crippen LogP contribution in [0.1, 0.15) is 19.8 Å². The highest BCUT2D eigenvalue weighted by Gasteiger charge is 2.10. The third-order valence-electron chi connectivity index (χ3n) is 3.08. The molecule has 0 radical (unpaired) electrons. The van der Waals surface area contributed by atoms with E-state index in [0.717, 1.165) is 18.6 Å². The van der Waals surface area contributed by atoms with Crippen LogP contribution in [-0.2, 0) is 13.6 Å². The molecule has 2 heterocycles. The van der Waals surface area contributed by atoms with Gasteiger partial charge in [0.15, 0.2) is 5.65 Å². The average Bonchev–Trinajstić information content (AvgIpc) is 2.72. The van der Waals surface area contributed by atoms with E-state index >= 15 is 0 Å². The number of thiol groups is 1. The number of aryl methyl sites for hydroxylation is 2. The van der Waals surface area contributed by atoms with Gasteiger partial charge in [0.05, 0.1) is 6.20 Å². The molecule has 6 nitrogen and oxygen atoms in total. The highest BCUT2D eigenvalue weighted by Crippen LogP contribution is 2.09. The summed E-state index contributed by atoms with van der Waals surface area (Å²) in [6.45, 7) is 2.74. The Kier molecular flexibility index (Phi) is 4.00. The second-order valence-electron chi connectivity index (χ2n) is 4.53. The minimum Gasteiger partial charge on any atom is -0.267 e. The third kappa shape index (κ3) is 2.55. The van der Waals surface area contributed by atoms with Crippen LogP contribution in [0.5, 0.6) is 0 Å². The highest BCUT2D eigenvalue weighted by molar-refractivity contribution is 7.80. The standard InChI is InChI=1S/C11H17N5OS/c1-8(4-6-18)3-5-16-11(17)9-7-12-15(2)10(9)13-14-16/h7-8,18H,3-6H2,1-2H3. The van der Waals surface area contributed by atoms with Crippen LogP contribution in [0.25, 0.3) is 11.0 Å². The molecule has 0 saturated heterocycles. The summed E-state index contributed by atoms with van der Waals surface area (Å²) in [5, 5.41) is 12.5. The molecule has 18 heavy (non-hydrogen) atoms. The molecule has 2 rings (SSSR count). The summed E-state index contributed by atoms with van der Waals surface area (Å²) in [4.78, 5) is 12.1. The first kappa shape index (κ1) is 13.1. The summed E-state index contributed by atoms with van der Waals surface area (Å²) in [5.41, 5.74) is 0.408. The maximum atomic E-state index is 12.1.